The molecule has 1 amide bonds. The Morgan fingerprint density at radius 2 is 1.91 bits per heavy atom. The topological polar surface area (TPSA) is 88.2 Å². The van der Waals surface area contributed by atoms with Crippen molar-refractivity contribution in [1.82, 2.24) is 15.0 Å². The molecule has 0 saturated heterocycles. The van der Waals surface area contributed by atoms with E-state index in [1.165, 1.54) is 19.1 Å². The number of benzene rings is 1. The Bertz CT molecular complexity index is 759. The fourth-order valence-electron chi connectivity index (χ4n) is 1.92. The van der Waals surface area contributed by atoms with Crippen LogP contribution in [0.3, 0.4) is 0 Å². The van der Waals surface area contributed by atoms with E-state index in [-0.39, 0.29) is 4.90 Å². The average molecular weight is 333 g/mol. The Balaban J connectivity index is 1.96. The number of amides is 1. The van der Waals surface area contributed by atoms with E-state index in [2.05, 4.69) is 15.0 Å². The van der Waals surface area contributed by atoms with Gasteiger partial charge in [-0.2, -0.15) is 4.72 Å². The summed E-state index contributed by atoms with van der Waals surface area (Å²) < 4.78 is 26.8. The second-order valence-corrected chi connectivity index (χ2v) is 6.95. The predicted octanol–water partition coefficient (Wildman–Crippen LogP) is 1.37. The molecule has 2 aromatic rings. The van der Waals surface area contributed by atoms with Gasteiger partial charge in [0.25, 0.3) is 0 Å². The van der Waals surface area contributed by atoms with Gasteiger partial charge in [-0.15, -0.1) is 0 Å². The van der Waals surface area contributed by atoms with Crippen LogP contribution < -0.4 is 10.0 Å². The molecule has 0 unspecified atom stereocenters. The maximum Gasteiger partial charge on any atom is 0.241 e. The molecule has 1 aromatic carbocycles. The number of aryl methyl sites for hydroxylation is 1. The van der Waals surface area contributed by atoms with Crippen LogP contribution in [0.1, 0.15) is 18.1 Å². The van der Waals surface area contributed by atoms with Crippen molar-refractivity contribution in [3.05, 3.63) is 59.9 Å². The Labute approximate surface area is 136 Å². The van der Waals surface area contributed by atoms with Gasteiger partial charge in [0, 0.05) is 18.9 Å². The van der Waals surface area contributed by atoms with E-state index in [0.717, 1.165) is 11.1 Å². The SMILES string of the molecule is Cc1ccc(S(=O)(=O)N[C@@H](C)C(=O)NCc2cccnc2)cc1. The van der Waals surface area contributed by atoms with Crippen molar-refractivity contribution in [3.63, 3.8) is 0 Å². The normalized spacial score (nSPS) is 12.6. The van der Waals surface area contributed by atoms with Crippen LogP contribution in [-0.2, 0) is 21.4 Å². The van der Waals surface area contributed by atoms with Crippen molar-refractivity contribution in [2.75, 3.05) is 0 Å². The fraction of sp³-hybridized carbons (Fsp3) is 0.250. The summed E-state index contributed by atoms with van der Waals surface area (Å²) in [6, 6.07) is 9.16. The van der Waals surface area contributed by atoms with Crippen LogP contribution in [0.4, 0.5) is 0 Å². The second-order valence-electron chi connectivity index (χ2n) is 5.24. The minimum atomic E-state index is -3.73. The van der Waals surface area contributed by atoms with Gasteiger partial charge in [-0.3, -0.25) is 9.78 Å². The van der Waals surface area contributed by atoms with Crippen molar-refractivity contribution < 1.29 is 13.2 Å². The summed E-state index contributed by atoms with van der Waals surface area (Å²) >= 11 is 0. The Morgan fingerprint density at radius 3 is 2.52 bits per heavy atom. The Hall–Kier alpha value is -2.25. The number of carbonyl (C=O) groups is 1. The molecule has 1 aromatic heterocycles. The summed E-state index contributed by atoms with van der Waals surface area (Å²) in [7, 11) is -3.73. The summed E-state index contributed by atoms with van der Waals surface area (Å²) in [6.07, 6.45) is 3.28. The van der Waals surface area contributed by atoms with Gasteiger partial charge in [-0.1, -0.05) is 23.8 Å². The lowest BCUT2D eigenvalue weighted by Crippen LogP contribution is -2.44. The van der Waals surface area contributed by atoms with E-state index < -0.39 is 22.0 Å². The molecule has 0 bridgehead atoms. The first-order valence-corrected chi connectivity index (χ1v) is 8.62. The standard InChI is InChI=1S/C16H19N3O3S/c1-12-5-7-15(8-6-12)23(21,22)19-13(2)16(20)18-11-14-4-3-9-17-10-14/h3-10,13,19H,11H2,1-2H3,(H,18,20)/t13-/m0/s1. The Kier molecular flexibility index (Phi) is 5.46. The summed E-state index contributed by atoms with van der Waals surface area (Å²) in [4.78, 5) is 16.1. The molecule has 0 radical (unpaired) electrons. The van der Waals surface area contributed by atoms with E-state index in [9.17, 15) is 13.2 Å². The molecule has 0 spiro atoms. The lowest BCUT2D eigenvalue weighted by atomic mass is 10.2. The van der Waals surface area contributed by atoms with E-state index in [0.29, 0.717) is 6.54 Å². The van der Waals surface area contributed by atoms with Crippen LogP contribution >= 0.6 is 0 Å². The third kappa shape index (κ3) is 4.87. The van der Waals surface area contributed by atoms with Gasteiger partial charge in [-0.05, 0) is 37.6 Å². The van der Waals surface area contributed by atoms with Gasteiger partial charge in [0.1, 0.15) is 0 Å². The minimum absolute atomic E-state index is 0.134. The number of pyridine rings is 1. The first-order chi connectivity index (χ1) is 10.9. The third-order valence-electron chi connectivity index (χ3n) is 3.25. The average Bonchev–Trinajstić information content (AvgIpc) is 2.53. The summed E-state index contributed by atoms with van der Waals surface area (Å²) in [5.41, 5.74) is 1.81. The largest absolute Gasteiger partial charge is 0.351 e. The van der Waals surface area contributed by atoms with Gasteiger partial charge in [0.15, 0.2) is 0 Å². The van der Waals surface area contributed by atoms with E-state index in [1.54, 1.807) is 30.6 Å². The molecule has 6 nitrogen and oxygen atoms in total. The van der Waals surface area contributed by atoms with E-state index in [4.69, 9.17) is 0 Å². The molecule has 0 fully saturated rings. The molecule has 0 aliphatic rings. The molecule has 7 heteroatoms. The monoisotopic (exact) mass is 333 g/mol. The van der Waals surface area contributed by atoms with Crippen molar-refractivity contribution >= 4 is 15.9 Å². The van der Waals surface area contributed by atoms with Crippen LogP contribution in [0.5, 0.6) is 0 Å². The first kappa shape index (κ1) is 17.1. The summed E-state index contributed by atoms with van der Waals surface area (Å²) in [5, 5.41) is 2.68. The molecule has 1 atom stereocenters. The smallest absolute Gasteiger partial charge is 0.241 e. The molecule has 1 heterocycles. The molecular formula is C16H19N3O3S. The third-order valence-corrected chi connectivity index (χ3v) is 4.80. The molecular weight excluding hydrogens is 314 g/mol. The van der Waals surface area contributed by atoms with Crippen molar-refractivity contribution in [3.8, 4) is 0 Å². The molecule has 2 N–H and O–H groups in total. The number of sulfonamides is 1. The number of hydrogen-bond acceptors (Lipinski definition) is 4. The highest BCUT2D eigenvalue weighted by atomic mass is 32.2. The highest BCUT2D eigenvalue weighted by molar-refractivity contribution is 7.89. The van der Waals surface area contributed by atoms with Crippen molar-refractivity contribution in [2.45, 2.75) is 31.3 Å². The van der Waals surface area contributed by atoms with E-state index in [1.807, 2.05) is 13.0 Å². The zero-order valence-electron chi connectivity index (χ0n) is 13.0. The van der Waals surface area contributed by atoms with Gasteiger partial charge in [-0.25, -0.2) is 8.42 Å². The van der Waals surface area contributed by atoms with Gasteiger partial charge < -0.3 is 5.32 Å². The van der Waals surface area contributed by atoms with Crippen molar-refractivity contribution in [1.29, 1.82) is 0 Å². The van der Waals surface area contributed by atoms with Gasteiger partial charge in [0.2, 0.25) is 15.9 Å². The zero-order chi connectivity index (χ0) is 16.9. The quantitative estimate of drug-likeness (QED) is 0.836. The maximum atomic E-state index is 12.2. The van der Waals surface area contributed by atoms with Crippen LogP contribution in [-0.4, -0.2) is 25.4 Å². The lowest BCUT2D eigenvalue weighted by Gasteiger charge is -2.14. The maximum absolute atomic E-state index is 12.2. The highest BCUT2D eigenvalue weighted by Crippen LogP contribution is 2.10. The van der Waals surface area contributed by atoms with Crippen LogP contribution in [0.2, 0.25) is 0 Å². The summed E-state index contributed by atoms with van der Waals surface area (Å²) in [5.74, 6) is -0.399. The predicted molar refractivity (Wildman–Crippen MR) is 87.0 cm³/mol. The highest BCUT2D eigenvalue weighted by Gasteiger charge is 2.21. The van der Waals surface area contributed by atoms with Crippen LogP contribution in [0.25, 0.3) is 0 Å². The second kappa shape index (κ2) is 7.34. The fourth-order valence-corrected chi connectivity index (χ4v) is 3.12. The summed E-state index contributed by atoms with van der Waals surface area (Å²) in [6.45, 7) is 3.67. The molecule has 122 valence electrons. The van der Waals surface area contributed by atoms with Gasteiger partial charge in [0.05, 0.1) is 10.9 Å². The molecule has 0 aliphatic carbocycles. The molecule has 0 saturated carbocycles. The van der Waals surface area contributed by atoms with Gasteiger partial charge >= 0.3 is 0 Å². The van der Waals surface area contributed by atoms with Crippen molar-refractivity contribution in [2.24, 2.45) is 0 Å². The van der Waals surface area contributed by atoms with Crippen LogP contribution in [0, 0.1) is 6.92 Å². The molecule has 0 aliphatic heterocycles. The number of nitrogens with one attached hydrogen (secondary N) is 2. The zero-order valence-corrected chi connectivity index (χ0v) is 13.8. The Morgan fingerprint density at radius 1 is 1.22 bits per heavy atom. The van der Waals surface area contributed by atoms with Crippen LogP contribution in [0.15, 0.2) is 53.7 Å². The number of aromatic nitrogens is 1. The molecule has 2 rings (SSSR count). The number of nitrogens with zero attached hydrogens (tertiary/aromatic N) is 1. The number of carbonyl (C=O) groups excluding carboxylic acids is 1. The van der Waals surface area contributed by atoms with E-state index >= 15 is 0 Å². The lowest BCUT2D eigenvalue weighted by molar-refractivity contribution is -0.122. The minimum Gasteiger partial charge on any atom is -0.351 e. The number of hydrogen-bond donors (Lipinski definition) is 2. The molecule has 23 heavy (non-hydrogen) atoms. The number of rotatable bonds is 6. The first-order valence-electron chi connectivity index (χ1n) is 7.14.